The predicted octanol–water partition coefficient (Wildman–Crippen LogP) is 4.46. The number of anilines is 1. The smallest absolute Gasteiger partial charge is 0.417 e. The van der Waals surface area contributed by atoms with Gasteiger partial charge in [0.25, 0.3) is 0 Å². The normalized spacial score (nSPS) is 12.6. The highest BCUT2D eigenvalue weighted by molar-refractivity contribution is 7.92. The van der Waals surface area contributed by atoms with E-state index in [1.807, 2.05) is 19.0 Å². The van der Waals surface area contributed by atoms with Crippen LogP contribution in [0.3, 0.4) is 0 Å². The molecule has 10 nitrogen and oxygen atoms in total. The van der Waals surface area contributed by atoms with Gasteiger partial charge in [-0.25, -0.2) is 18.2 Å². The number of aliphatic imine (C=N–C) groups is 1. The van der Waals surface area contributed by atoms with Crippen molar-refractivity contribution in [1.29, 1.82) is 0 Å². The molecule has 0 spiro atoms. The first-order chi connectivity index (χ1) is 18.5. The summed E-state index contributed by atoms with van der Waals surface area (Å²) in [4.78, 5) is 24.1. The maximum atomic E-state index is 12.4. The summed E-state index contributed by atoms with van der Waals surface area (Å²) < 4.78 is 31.5. The van der Waals surface area contributed by atoms with Crippen LogP contribution in [-0.4, -0.2) is 67.5 Å². The number of aromatic hydroxyl groups is 1. The van der Waals surface area contributed by atoms with Crippen LogP contribution in [0.2, 0.25) is 5.02 Å². The number of hydrogen-bond acceptors (Lipinski definition) is 7. The Morgan fingerprint density at radius 3 is 2.44 bits per heavy atom. The average molecular weight is 568 g/mol. The van der Waals surface area contributed by atoms with Gasteiger partial charge in [-0.2, -0.15) is 0 Å². The molecule has 0 aliphatic rings. The minimum Gasteiger partial charge on any atom is -0.494 e. The predicted molar refractivity (Wildman–Crippen MR) is 154 cm³/mol. The summed E-state index contributed by atoms with van der Waals surface area (Å²) in [5, 5.41) is 12.1. The van der Waals surface area contributed by atoms with Crippen molar-refractivity contribution in [3.63, 3.8) is 0 Å². The van der Waals surface area contributed by atoms with Crippen molar-refractivity contribution in [2.75, 3.05) is 37.7 Å². The van der Waals surface area contributed by atoms with Crippen LogP contribution >= 0.6 is 11.6 Å². The number of aromatic amines is 2. The highest BCUT2D eigenvalue weighted by atomic mass is 35.5. The van der Waals surface area contributed by atoms with Crippen LogP contribution in [0.1, 0.15) is 11.1 Å². The Kier molecular flexibility index (Phi) is 6.98. The fourth-order valence-corrected chi connectivity index (χ4v) is 5.44. The van der Waals surface area contributed by atoms with Gasteiger partial charge in [0.1, 0.15) is 0 Å². The third kappa shape index (κ3) is 5.56. The van der Waals surface area contributed by atoms with Gasteiger partial charge in [0.2, 0.25) is 10.0 Å². The fraction of sp³-hybridized carbons (Fsp3) is 0.185. The number of halogens is 1. The van der Waals surface area contributed by atoms with Crippen molar-refractivity contribution in [3.05, 3.63) is 87.4 Å². The Morgan fingerprint density at radius 1 is 1.00 bits per heavy atom. The largest absolute Gasteiger partial charge is 0.494 e. The Labute approximate surface area is 229 Å². The van der Waals surface area contributed by atoms with Crippen LogP contribution in [0.5, 0.6) is 5.88 Å². The fourth-order valence-electron chi connectivity index (χ4n) is 4.35. The molecule has 202 valence electrons. The van der Waals surface area contributed by atoms with E-state index >= 15 is 0 Å². The van der Waals surface area contributed by atoms with Crippen molar-refractivity contribution < 1.29 is 17.9 Å². The molecular weight excluding hydrogens is 542 g/mol. The average Bonchev–Trinajstić information content (AvgIpc) is 3.39. The summed E-state index contributed by atoms with van der Waals surface area (Å²) in [7, 11) is 0.261. The Hall–Kier alpha value is -4.06. The summed E-state index contributed by atoms with van der Waals surface area (Å²) in [6.45, 7) is 0.853. The summed E-state index contributed by atoms with van der Waals surface area (Å²) >= 11 is 6.16. The molecular formula is C27H26ClN5O5S. The standard InChI is InChI=1S/C27H26ClN5O5S/c1-32(2)12-13-33(39(3,36)37)19-8-6-18(7-9-19)29-25(16-4-11-21-23(14-16)38-27(35)31-21)24-20-10-5-17(28)15-22(20)30-26(24)34/h4-11,14-15,30,34H,12-13H2,1-3H3,(H,31,35). The number of sulfonamides is 1. The van der Waals surface area contributed by atoms with E-state index in [9.17, 15) is 18.3 Å². The van der Waals surface area contributed by atoms with Gasteiger partial charge in [0, 0.05) is 29.1 Å². The van der Waals surface area contributed by atoms with E-state index < -0.39 is 15.8 Å². The molecule has 5 aromatic rings. The van der Waals surface area contributed by atoms with Crippen molar-refractivity contribution in [2.24, 2.45) is 4.99 Å². The number of likely N-dealkylation sites (N-methyl/N-ethyl adjacent to an activating group) is 1. The summed E-state index contributed by atoms with van der Waals surface area (Å²) in [5.74, 6) is -0.685. The molecule has 0 atom stereocenters. The van der Waals surface area contributed by atoms with Gasteiger partial charge in [-0.3, -0.25) is 9.29 Å². The lowest BCUT2D eigenvalue weighted by Gasteiger charge is -2.24. The summed E-state index contributed by atoms with van der Waals surface area (Å²) in [6, 6.07) is 17.1. The van der Waals surface area contributed by atoms with Gasteiger partial charge in [0.15, 0.2) is 11.5 Å². The summed E-state index contributed by atoms with van der Waals surface area (Å²) in [6.07, 6.45) is 1.17. The molecule has 2 aromatic heterocycles. The van der Waals surface area contributed by atoms with Crippen LogP contribution in [0.4, 0.5) is 11.4 Å². The maximum Gasteiger partial charge on any atom is 0.417 e. The van der Waals surface area contributed by atoms with Crippen molar-refractivity contribution in [1.82, 2.24) is 14.9 Å². The second-order valence-electron chi connectivity index (χ2n) is 9.38. The number of nitrogens with one attached hydrogen (secondary N) is 2. The van der Waals surface area contributed by atoms with E-state index in [0.29, 0.717) is 68.3 Å². The Bertz CT molecular complexity index is 1870. The van der Waals surface area contributed by atoms with Crippen LogP contribution in [-0.2, 0) is 10.0 Å². The molecule has 0 radical (unpaired) electrons. The first-order valence-electron chi connectivity index (χ1n) is 11.9. The number of nitrogens with zero attached hydrogens (tertiary/aromatic N) is 3. The second-order valence-corrected chi connectivity index (χ2v) is 11.7. The van der Waals surface area contributed by atoms with Gasteiger partial charge < -0.3 is 19.4 Å². The number of benzene rings is 3. The molecule has 3 N–H and O–H groups in total. The molecule has 0 aliphatic heterocycles. The van der Waals surface area contributed by atoms with Crippen molar-refractivity contribution in [3.8, 4) is 5.88 Å². The van der Waals surface area contributed by atoms with E-state index in [0.717, 1.165) is 0 Å². The topological polar surface area (TPSA) is 135 Å². The lowest BCUT2D eigenvalue weighted by molar-refractivity contribution is 0.419. The third-order valence-corrected chi connectivity index (χ3v) is 7.63. The zero-order valence-corrected chi connectivity index (χ0v) is 23.0. The SMILES string of the molecule is CN(C)CCN(c1ccc(N=C(c2ccc3[nH]c(=O)oc3c2)c2c(O)[nH]c3cc(Cl)ccc23)cc1)S(C)(=O)=O. The zero-order chi connectivity index (χ0) is 27.9. The Balaban J connectivity index is 1.64. The molecule has 0 aliphatic carbocycles. The van der Waals surface area contributed by atoms with Crippen LogP contribution in [0.25, 0.3) is 22.0 Å². The number of aromatic nitrogens is 2. The minimum absolute atomic E-state index is 0.106. The lowest BCUT2D eigenvalue weighted by atomic mass is 10.0. The molecule has 39 heavy (non-hydrogen) atoms. The van der Waals surface area contributed by atoms with Gasteiger partial charge in [-0.05, 0) is 62.6 Å². The maximum absolute atomic E-state index is 12.4. The molecule has 0 bridgehead atoms. The van der Waals surface area contributed by atoms with Gasteiger partial charge in [-0.1, -0.05) is 23.7 Å². The van der Waals surface area contributed by atoms with E-state index in [1.54, 1.807) is 60.7 Å². The number of rotatable bonds is 8. The van der Waals surface area contributed by atoms with Gasteiger partial charge in [-0.15, -0.1) is 0 Å². The van der Waals surface area contributed by atoms with Crippen LogP contribution in [0.15, 0.2) is 74.9 Å². The first kappa shape index (κ1) is 26.5. The minimum atomic E-state index is -3.50. The van der Waals surface area contributed by atoms with E-state index in [1.165, 1.54) is 10.6 Å². The molecule has 0 fully saturated rings. The van der Waals surface area contributed by atoms with Gasteiger partial charge >= 0.3 is 5.76 Å². The molecule has 0 amide bonds. The van der Waals surface area contributed by atoms with E-state index in [4.69, 9.17) is 21.0 Å². The second kappa shape index (κ2) is 10.3. The monoisotopic (exact) mass is 567 g/mol. The van der Waals surface area contributed by atoms with Crippen molar-refractivity contribution >= 4 is 60.7 Å². The number of hydrogen-bond donors (Lipinski definition) is 3. The Morgan fingerprint density at radius 2 is 1.74 bits per heavy atom. The van der Waals surface area contributed by atoms with Gasteiger partial charge in [0.05, 0.1) is 39.9 Å². The zero-order valence-electron chi connectivity index (χ0n) is 21.4. The number of oxazole rings is 1. The first-order valence-corrected chi connectivity index (χ1v) is 14.2. The number of fused-ring (bicyclic) bond motifs is 2. The molecule has 2 heterocycles. The number of H-pyrrole nitrogens is 2. The molecule has 0 saturated carbocycles. The molecule has 5 rings (SSSR count). The molecule has 0 unspecified atom stereocenters. The van der Waals surface area contributed by atoms with Crippen molar-refractivity contribution in [2.45, 2.75) is 0 Å². The lowest BCUT2D eigenvalue weighted by Crippen LogP contribution is -2.35. The van der Waals surface area contributed by atoms with E-state index in [-0.39, 0.29) is 5.88 Å². The molecule has 0 saturated heterocycles. The van der Waals surface area contributed by atoms with Crippen LogP contribution < -0.4 is 10.1 Å². The highest BCUT2D eigenvalue weighted by Crippen LogP contribution is 2.34. The third-order valence-electron chi connectivity index (χ3n) is 6.20. The van der Waals surface area contributed by atoms with E-state index in [2.05, 4.69) is 9.97 Å². The molecule has 3 aromatic carbocycles. The summed E-state index contributed by atoms with van der Waals surface area (Å²) in [5.41, 5.74) is 3.96. The highest BCUT2D eigenvalue weighted by Gasteiger charge is 2.21. The quantitative estimate of drug-likeness (QED) is 0.237. The van der Waals surface area contributed by atoms with Crippen LogP contribution in [0, 0.1) is 0 Å². The molecule has 12 heteroatoms.